The van der Waals surface area contributed by atoms with Crippen LogP contribution in [0.1, 0.15) is 18.9 Å². The molecule has 1 heterocycles. The minimum absolute atomic E-state index is 0.360. The Morgan fingerprint density at radius 1 is 1.60 bits per heavy atom. The van der Waals surface area contributed by atoms with Crippen LogP contribution in [0.5, 0.6) is 0 Å². The monoisotopic (exact) mass is 136 g/mol. The lowest BCUT2D eigenvalue weighted by Crippen LogP contribution is -2.25. The van der Waals surface area contributed by atoms with E-state index in [1.807, 2.05) is 10.8 Å². The molecule has 0 radical (unpaired) electrons. The Bertz CT molecular complexity index is 232. The summed E-state index contributed by atoms with van der Waals surface area (Å²) in [5.41, 5.74) is 0. The van der Waals surface area contributed by atoms with Gasteiger partial charge in [0.2, 0.25) is 0 Å². The number of hydrogen-bond acceptors (Lipinski definition) is 2. The molecule has 0 amide bonds. The summed E-state index contributed by atoms with van der Waals surface area (Å²) >= 11 is 0. The molecule has 1 aromatic heterocycles. The van der Waals surface area contributed by atoms with Gasteiger partial charge in [-0.25, -0.2) is 4.98 Å². The molecule has 1 fully saturated rings. The van der Waals surface area contributed by atoms with E-state index in [0.717, 1.165) is 0 Å². The molecule has 0 atom stereocenters. The molecule has 0 saturated heterocycles. The molecule has 10 heavy (non-hydrogen) atoms. The van der Waals surface area contributed by atoms with Crippen LogP contribution in [0.2, 0.25) is 0 Å². The van der Waals surface area contributed by atoms with Crippen molar-refractivity contribution in [3.8, 4) is 0 Å². The fourth-order valence-corrected chi connectivity index (χ4v) is 1.16. The van der Waals surface area contributed by atoms with Gasteiger partial charge in [-0.2, -0.15) is 0 Å². The summed E-state index contributed by atoms with van der Waals surface area (Å²) in [5, 5.41) is 0. The van der Waals surface area contributed by atoms with E-state index in [0.29, 0.717) is 24.7 Å². The molecule has 1 saturated carbocycles. The predicted octanol–water partition coefficient (Wildman–Crippen LogP) is 0.787. The first-order valence-electron chi connectivity index (χ1n) is 3.35. The normalized spacial score (nSPS) is 19.0. The predicted molar refractivity (Wildman–Crippen MR) is 35.5 cm³/mol. The molecule has 0 aromatic carbocycles. The van der Waals surface area contributed by atoms with Gasteiger partial charge in [-0.15, -0.1) is 0 Å². The Labute approximate surface area is 58.7 Å². The maximum absolute atomic E-state index is 10.6. The molecule has 3 heteroatoms. The summed E-state index contributed by atoms with van der Waals surface area (Å²) in [7, 11) is 0. The number of rotatable bonds is 1. The second-order valence-corrected chi connectivity index (χ2v) is 2.61. The van der Waals surface area contributed by atoms with Crippen molar-refractivity contribution in [2.75, 3.05) is 0 Å². The van der Waals surface area contributed by atoms with Crippen molar-refractivity contribution in [2.45, 2.75) is 18.9 Å². The lowest BCUT2D eigenvalue weighted by molar-refractivity contribution is -0.126. The molecule has 2 rings (SSSR count). The van der Waals surface area contributed by atoms with E-state index < -0.39 is 0 Å². The largest absolute Gasteiger partial charge is 0.334 e. The van der Waals surface area contributed by atoms with Gasteiger partial charge in [0.15, 0.2) is 0 Å². The highest BCUT2D eigenvalue weighted by Crippen LogP contribution is 2.27. The Kier molecular flexibility index (Phi) is 1.09. The Balaban J connectivity index is 2.10. The molecule has 0 aliphatic heterocycles. The van der Waals surface area contributed by atoms with E-state index in [-0.39, 0.29) is 0 Å². The van der Waals surface area contributed by atoms with Gasteiger partial charge in [-0.3, -0.25) is 4.79 Å². The van der Waals surface area contributed by atoms with Gasteiger partial charge < -0.3 is 4.57 Å². The highest BCUT2D eigenvalue weighted by atomic mass is 16.1. The molecule has 0 spiro atoms. The van der Waals surface area contributed by atoms with Gasteiger partial charge >= 0.3 is 0 Å². The summed E-state index contributed by atoms with van der Waals surface area (Å²) in [6.07, 6.45) is 6.78. The molecular weight excluding hydrogens is 128 g/mol. The Hall–Kier alpha value is -1.12. The van der Waals surface area contributed by atoms with Crippen LogP contribution >= 0.6 is 0 Å². The Morgan fingerprint density at radius 3 is 2.90 bits per heavy atom. The van der Waals surface area contributed by atoms with Gasteiger partial charge in [0.25, 0.3) is 0 Å². The lowest BCUT2D eigenvalue weighted by atomic mass is 9.91. The summed E-state index contributed by atoms with van der Waals surface area (Å²) in [6, 6.07) is 0.398. The minimum atomic E-state index is 0.360. The van der Waals surface area contributed by atoms with Crippen LogP contribution in [0.4, 0.5) is 0 Å². The maximum Gasteiger partial charge on any atom is 0.137 e. The molecule has 0 bridgehead atoms. The Morgan fingerprint density at radius 2 is 2.40 bits per heavy atom. The third kappa shape index (κ3) is 0.744. The maximum atomic E-state index is 10.6. The highest BCUT2D eigenvalue weighted by Gasteiger charge is 2.27. The minimum Gasteiger partial charge on any atom is -0.334 e. The molecule has 3 nitrogen and oxygen atoms in total. The molecule has 0 N–H and O–H groups in total. The van der Waals surface area contributed by atoms with Crippen LogP contribution in [0, 0.1) is 0 Å². The van der Waals surface area contributed by atoms with Gasteiger partial charge in [-0.05, 0) is 0 Å². The second-order valence-electron chi connectivity index (χ2n) is 2.61. The van der Waals surface area contributed by atoms with E-state index in [9.17, 15) is 4.79 Å². The SMILES string of the molecule is O=C1CC(n2ccnc2)C1. The number of carbonyl (C=O) groups excluding carboxylic acids is 1. The highest BCUT2D eigenvalue weighted by molar-refractivity contribution is 5.85. The number of imidazole rings is 1. The summed E-state index contributed by atoms with van der Waals surface area (Å²) in [5.74, 6) is 0.360. The fraction of sp³-hybridized carbons (Fsp3) is 0.429. The smallest absolute Gasteiger partial charge is 0.137 e. The zero-order valence-corrected chi connectivity index (χ0v) is 5.53. The van der Waals surface area contributed by atoms with Crippen LogP contribution in [0.3, 0.4) is 0 Å². The van der Waals surface area contributed by atoms with Crippen LogP contribution in [0.15, 0.2) is 18.7 Å². The summed E-state index contributed by atoms with van der Waals surface area (Å²) < 4.78 is 1.99. The van der Waals surface area contributed by atoms with Crippen LogP contribution in [0.25, 0.3) is 0 Å². The number of aromatic nitrogens is 2. The molecule has 0 unspecified atom stereocenters. The quantitative estimate of drug-likeness (QED) is 0.572. The molecule has 1 aliphatic rings. The van der Waals surface area contributed by atoms with Crippen LogP contribution in [-0.2, 0) is 4.79 Å². The van der Waals surface area contributed by atoms with Crippen molar-refractivity contribution in [1.82, 2.24) is 9.55 Å². The fourth-order valence-electron chi connectivity index (χ4n) is 1.16. The van der Waals surface area contributed by atoms with E-state index in [1.165, 1.54) is 0 Å². The summed E-state index contributed by atoms with van der Waals surface area (Å²) in [6.45, 7) is 0. The van der Waals surface area contributed by atoms with Crippen molar-refractivity contribution >= 4 is 5.78 Å². The first-order valence-corrected chi connectivity index (χ1v) is 3.35. The first kappa shape index (κ1) is 5.65. The molecule has 52 valence electrons. The van der Waals surface area contributed by atoms with Crippen molar-refractivity contribution < 1.29 is 4.79 Å². The standard InChI is InChI=1S/C7H8N2O/c10-7-3-6(4-7)9-2-1-8-5-9/h1-2,5-6H,3-4H2. The summed E-state index contributed by atoms with van der Waals surface area (Å²) in [4.78, 5) is 14.5. The van der Waals surface area contributed by atoms with Gasteiger partial charge in [0.05, 0.1) is 6.33 Å². The van der Waals surface area contributed by atoms with Gasteiger partial charge in [0.1, 0.15) is 5.78 Å². The van der Waals surface area contributed by atoms with E-state index in [4.69, 9.17) is 0 Å². The van der Waals surface area contributed by atoms with Gasteiger partial charge in [0, 0.05) is 31.3 Å². The average Bonchev–Trinajstić information content (AvgIpc) is 2.31. The van der Waals surface area contributed by atoms with Crippen LogP contribution < -0.4 is 0 Å². The van der Waals surface area contributed by atoms with E-state index in [1.54, 1.807) is 12.5 Å². The topological polar surface area (TPSA) is 34.9 Å². The number of ketones is 1. The first-order chi connectivity index (χ1) is 4.86. The van der Waals surface area contributed by atoms with Crippen molar-refractivity contribution in [3.63, 3.8) is 0 Å². The zero-order chi connectivity index (χ0) is 6.97. The number of Topliss-reactive ketones (excluding diaryl/α,β-unsaturated/α-hetero) is 1. The average molecular weight is 136 g/mol. The lowest BCUT2D eigenvalue weighted by Gasteiger charge is -2.24. The second kappa shape index (κ2) is 1.94. The number of carbonyl (C=O) groups is 1. The molecular formula is C7H8N2O. The number of hydrogen-bond donors (Lipinski definition) is 0. The number of nitrogens with zero attached hydrogens (tertiary/aromatic N) is 2. The van der Waals surface area contributed by atoms with E-state index in [2.05, 4.69) is 4.98 Å². The van der Waals surface area contributed by atoms with Crippen molar-refractivity contribution in [3.05, 3.63) is 18.7 Å². The van der Waals surface area contributed by atoms with Crippen molar-refractivity contribution in [1.29, 1.82) is 0 Å². The van der Waals surface area contributed by atoms with Crippen molar-refractivity contribution in [2.24, 2.45) is 0 Å². The molecule has 1 aliphatic carbocycles. The molecule has 1 aromatic rings. The third-order valence-corrected chi connectivity index (χ3v) is 1.87. The van der Waals surface area contributed by atoms with Crippen LogP contribution in [-0.4, -0.2) is 15.3 Å². The van der Waals surface area contributed by atoms with E-state index >= 15 is 0 Å². The zero-order valence-electron chi connectivity index (χ0n) is 5.53. The third-order valence-electron chi connectivity index (χ3n) is 1.87. The van der Waals surface area contributed by atoms with Gasteiger partial charge in [-0.1, -0.05) is 0 Å².